The number of hydrogen-bond acceptors (Lipinski definition) is 6. The van der Waals surface area contributed by atoms with Crippen molar-refractivity contribution in [2.24, 2.45) is 0 Å². The van der Waals surface area contributed by atoms with Gasteiger partial charge in [0.05, 0.1) is 11.1 Å². The van der Waals surface area contributed by atoms with Crippen LogP contribution in [0.3, 0.4) is 0 Å². The number of amides is 1. The van der Waals surface area contributed by atoms with Gasteiger partial charge in [0.15, 0.2) is 5.16 Å². The molecule has 0 aliphatic carbocycles. The van der Waals surface area contributed by atoms with E-state index in [1.54, 1.807) is 0 Å². The van der Waals surface area contributed by atoms with Crippen molar-refractivity contribution in [2.75, 3.05) is 16.4 Å². The van der Waals surface area contributed by atoms with E-state index in [2.05, 4.69) is 23.0 Å². The fourth-order valence-corrected chi connectivity index (χ4v) is 4.60. The quantitative estimate of drug-likeness (QED) is 0.575. The number of benzene rings is 1. The first-order chi connectivity index (χ1) is 11.6. The maximum atomic E-state index is 12.7. The number of thioether (sulfide) groups is 1. The van der Waals surface area contributed by atoms with Crippen LogP contribution in [0.4, 0.5) is 11.5 Å². The molecular weight excluding hydrogens is 340 g/mol. The standard InChI is InChI=1S/C17H16N4OS2/c1-10-8-11-4-2-3-5-13(11)21(10)14(22)9-24-17-19-15(18)12-6-7-23-16(12)20-17/h2-7,10H,8-9H2,1H3,(H2,18,19,20)/t10-/m0/s1. The molecule has 2 N–H and O–H groups in total. The third kappa shape index (κ3) is 2.63. The molecule has 1 atom stereocenters. The number of fused-ring (bicyclic) bond motifs is 2. The van der Waals surface area contributed by atoms with Crippen molar-refractivity contribution < 1.29 is 4.79 Å². The van der Waals surface area contributed by atoms with Crippen molar-refractivity contribution >= 4 is 50.7 Å². The van der Waals surface area contributed by atoms with Gasteiger partial charge in [-0.25, -0.2) is 9.97 Å². The molecule has 0 unspecified atom stereocenters. The van der Waals surface area contributed by atoms with Crippen LogP contribution in [0.1, 0.15) is 12.5 Å². The molecule has 2 aromatic heterocycles. The lowest BCUT2D eigenvalue weighted by Crippen LogP contribution is -2.37. The van der Waals surface area contributed by atoms with E-state index < -0.39 is 0 Å². The van der Waals surface area contributed by atoms with Gasteiger partial charge in [0.2, 0.25) is 5.91 Å². The van der Waals surface area contributed by atoms with Crippen LogP contribution in [0.2, 0.25) is 0 Å². The molecule has 4 rings (SSSR count). The Labute approximate surface area is 147 Å². The number of nitrogens with zero attached hydrogens (tertiary/aromatic N) is 3. The minimum Gasteiger partial charge on any atom is -0.383 e. The second-order valence-corrected chi connectivity index (χ2v) is 7.60. The number of aromatic nitrogens is 2. The van der Waals surface area contributed by atoms with Crippen LogP contribution in [-0.2, 0) is 11.2 Å². The maximum Gasteiger partial charge on any atom is 0.237 e. The van der Waals surface area contributed by atoms with Crippen LogP contribution >= 0.6 is 23.1 Å². The van der Waals surface area contributed by atoms with E-state index in [0.717, 1.165) is 22.3 Å². The van der Waals surface area contributed by atoms with Crippen molar-refractivity contribution in [3.63, 3.8) is 0 Å². The largest absolute Gasteiger partial charge is 0.383 e. The van der Waals surface area contributed by atoms with Crippen molar-refractivity contribution in [2.45, 2.75) is 24.5 Å². The van der Waals surface area contributed by atoms with Crippen molar-refractivity contribution in [1.82, 2.24) is 9.97 Å². The second-order valence-electron chi connectivity index (χ2n) is 5.77. The van der Waals surface area contributed by atoms with Gasteiger partial charge in [0, 0.05) is 11.7 Å². The summed E-state index contributed by atoms with van der Waals surface area (Å²) in [7, 11) is 0. The van der Waals surface area contributed by atoms with E-state index in [-0.39, 0.29) is 11.9 Å². The van der Waals surface area contributed by atoms with Crippen molar-refractivity contribution in [3.8, 4) is 0 Å². The Balaban J connectivity index is 1.52. The molecule has 0 fully saturated rings. The number of rotatable bonds is 3. The molecule has 1 aliphatic rings. The smallest absolute Gasteiger partial charge is 0.237 e. The molecule has 5 nitrogen and oxygen atoms in total. The second kappa shape index (κ2) is 6.07. The monoisotopic (exact) mass is 356 g/mol. The molecule has 1 aromatic carbocycles. The van der Waals surface area contributed by atoms with Gasteiger partial charge in [-0.05, 0) is 36.4 Å². The number of carbonyl (C=O) groups excluding carboxylic acids is 1. The van der Waals surface area contributed by atoms with Gasteiger partial charge in [0.25, 0.3) is 0 Å². The van der Waals surface area contributed by atoms with Crippen LogP contribution in [-0.4, -0.2) is 27.7 Å². The lowest BCUT2D eigenvalue weighted by molar-refractivity contribution is -0.116. The highest BCUT2D eigenvalue weighted by Crippen LogP contribution is 2.33. The SMILES string of the molecule is C[C@H]1Cc2ccccc2N1C(=O)CSc1nc(N)c2ccsc2n1. The Morgan fingerprint density at radius 1 is 1.38 bits per heavy atom. The van der Waals surface area contributed by atoms with E-state index in [1.165, 1.54) is 28.7 Å². The summed E-state index contributed by atoms with van der Waals surface area (Å²) in [5.41, 5.74) is 8.21. The Morgan fingerprint density at radius 2 is 2.21 bits per heavy atom. The molecular formula is C17H16N4OS2. The number of para-hydroxylation sites is 1. The minimum absolute atomic E-state index is 0.0749. The molecule has 0 bridgehead atoms. The van der Waals surface area contributed by atoms with Gasteiger partial charge in [-0.1, -0.05) is 30.0 Å². The van der Waals surface area contributed by atoms with E-state index in [4.69, 9.17) is 5.73 Å². The summed E-state index contributed by atoms with van der Waals surface area (Å²) in [6.45, 7) is 2.08. The van der Waals surface area contributed by atoms with Gasteiger partial charge in [-0.2, -0.15) is 0 Å². The molecule has 3 aromatic rings. The minimum atomic E-state index is 0.0749. The molecule has 0 saturated heterocycles. The van der Waals surface area contributed by atoms with Gasteiger partial charge < -0.3 is 10.6 Å². The van der Waals surface area contributed by atoms with Gasteiger partial charge in [0.1, 0.15) is 10.6 Å². The summed E-state index contributed by atoms with van der Waals surface area (Å²) in [5, 5.41) is 3.37. The number of thiophene rings is 1. The highest BCUT2D eigenvalue weighted by Gasteiger charge is 2.30. The maximum absolute atomic E-state index is 12.7. The lowest BCUT2D eigenvalue weighted by atomic mass is 10.1. The first-order valence-corrected chi connectivity index (χ1v) is 9.53. The Kier molecular flexibility index (Phi) is 3.90. The third-order valence-corrected chi connectivity index (χ3v) is 5.77. The number of carbonyl (C=O) groups is 1. The number of anilines is 2. The molecule has 1 aliphatic heterocycles. The number of hydrogen-bond donors (Lipinski definition) is 1. The van der Waals surface area contributed by atoms with Crippen LogP contribution in [0, 0.1) is 0 Å². The molecule has 1 amide bonds. The third-order valence-electron chi connectivity index (χ3n) is 4.13. The van der Waals surface area contributed by atoms with Gasteiger partial charge in [-0.15, -0.1) is 11.3 Å². The predicted octanol–water partition coefficient (Wildman–Crippen LogP) is 3.34. The normalized spacial score (nSPS) is 16.5. The first kappa shape index (κ1) is 15.4. The van der Waals surface area contributed by atoms with Crippen LogP contribution < -0.4 is 10.6 Å². The van der Waals surface area contributed by atoms with E-state index in [0.29, 0.717) is 16.7 Å². The number of nitrogen functional groups attached to an aromatic ring is 1. The van der Waals surface area contributed by atoms with Crippen LogP contribution in [0.5, 0.6) is 0 Å². The average Bonchev–Trinajstić information content (AvgIpc) is 3.16. The lowest BCUT2D eigenvalue weighted by Gasteiger charge is -2.22. The predicted molar refractivity (Wildman–Crippen MR) is 99.6 cm³/mol. The highest BCUT2D eigenvalue weighted by atomic mass is 32.2. The molecule has 122 valence electrons. The molecule has 7 heteroatoms. The summed E-state index contributed by atoms with van der Waals surface area (Å²) in [5.74, 6) is 0.844. The molecule has 24 heavy (non-hydrogen) atoms. The zero-order valence-electron chi connectivity index (χ0n) is 13.1. The van der Waals surface area contributed by atoms with Crippen LogP contribution in [0.15, 0.2) is 40.9 Å². The van der Waals surface area contributed by atoms with E-state index >= 15 is 0 Å². The number of nitrogens with two attached hydrogens (primary N) is 1. The van der Waals surface area contributed by atoms with Crippen LogP contribution in [0.25, 0.3) is 10.2 Å². The Morgan fingerprint density at radius 3 is 3.08 bits per heavy atom. The summed E-state index contributed by atoms with van der Waals surface area (Å²) >= 11 is 2.86. The summed E-state index contributed by atoms with van der Waals surface area (Å²) in [6.07, 6.45) is 0.900. The van der Waals surface area contributed by atoms with Gasteiger partial charge in [-0.3, -0.25) is 4.79 Å². The fourth-order valence-electron chi connectivity index (χ4n) is 3.06. The Hall–Kier alpha value is -2.12. The summed E-state index contributed by atoms with van der Waals surface area (Å²) < 4.78 is 0. The van der Waals surface area contributed by atoms with E-state index in [1.807, 2.05) is 34.5 Å². The zero-order valence-corrected chi connectivity index (χ0v) is 14.7. The molecule has 0 spiro atoms. The topological polar surface area (TPSA) is 72.1 Å². The van der Waals surface area contributed by atoms with E-state index in [9.17, 15) is 4.79 Å². The summed E-state index contributed by atoms with van der Waals surface area (Å²) in [6, 6.07) is 10.2. The zero-order chi connectivity index (χ0) is 16.7. The Bertz CT molecular complexity index is 924. The molecule has 0 saturated carbocycles. The summed E-state index contributed by atoms with van der Waals surface area (Å²) in [4.78, 5) is 24.2. The van der Waals surface area contributed by atoms with Gasteiger partial charge >= 0.3 is 0 Å². The average molecular weight is 356 g/mol. The van der Waals surface area contributed by atoms with Crippen molar-refractivity contribution in [1.29, 1.82) is 0 Å². The fraction of sp³-hybridized carbons (Fsp3) is 0.235. The molecule has 0 radical (unpaired) electrons. The highest BCUT2D eigenvalue weighted by molar-refractivity contribution is 7.99. The van der Waals surface area contributed by atoms with Crippen molar-refractivity contribution in [3.05, 3.63) is 41.3 Å². The molecule has 3 heterocycles. The first-order valence-electron chi connectivity index (χ1n) is 7.67.